The summed E-state index contributed by atoms with van der Waals surface area (Å²) < 4.78 is 11.0. The summed E-state index contributed by atoms with van der Waals surface area (Å²) in [6.07, 6.45) is 0.875. The molecule has 1 aromatic carbocycles. The minimum Gasteiger partial charge on any atom is -0.491 e. The molecular weight excluding hydrogens is 289 g/mol. The summed E-state index contributed by atoms with van der Waals surface area (Å²) in [5, 5.41) is 18.0. The van der Waals surface area contributed by atoms with Gasteiger partial charge in [0.1, 0.15) is 12.4 Å². The van der Waals surface area contributed by atoms with Crippen LogP contribution >= 0.6 is 11.3 Å². The molecule has 0 aliphatic rings. The van der Waals surface area contributed by atoms with Crippen LogP contribution in [-0.2, 0) is 11.2 Å². The van der Waals surface area contributed by atoms with E-state index in [1.54, 1.807) is 35.6 Å². The highest BCUT2D eigenvalue weighted by atomic mass is 32.1. The standard InChI is InChI=1S/C14H18BNO4S/c1-11-14(21-10-16-11)6-7-19-8-9-20-13-4-2-12(3-5-13)15(17)18/h2-5,10,17-18H,6-9H2,1H3. The number of hydrogen-bond acceptors (Lipinski definition) is 6. The molecule has 0 fully saturated rings. The molecule has 2 aromatic rings. The van der Waals surface area contributed by atoms with Crippen LogP contribution in [-0.4, -0.2) is 42.0 Å². The van der Waals surface area contributed by atoms with Gasteiger partial charge >= 0.3 is 7.12 Å². The third-order valence-electron chi connectivity index (χ3n) is 2.99. The first kappa shape index (κ1) is 16.0. The molecule has 0 spiro atoms. The first-order valence-corrected chi connectivity index (χ1v) is 7.60. The van der Waals surface area contributed by atoms with E-state index >= 15 is 0 Å². The van der Waals surface area contributed by atoms with Crippen molar-refractivity contribution >= 4 is 23.9 Å². The molecular formula is C14H18BNO4S. The molecule has 1 aromatic heterocycles. The van der Waals surface area contributed by atoms with Gasteiger partial charge in [-0.3, -0.25) is 0 Å². The maximum atomic E-state index is 8.98. The van der Waals surface area contributed by atoms with E-state index in [-0.39, 0.29) is 0 Å². The lowest BCUT2D eigenvalue weighted by Crippen LogP contribution is -2.29. The fraction of sp³-hybridized carbons (Fsp3) is 0.357. The van der Waals surface area contributed by atoms with Crippen molar-refractivity contribution in [1.82, 2.24) is 4.98 Å². The molecule has 0 unspecified atom stereocenters. The molecule has 0 aliphatic heterocycles. The first-order valence-electron chi connectivity index (χ1n) is 6.72. The second kappa shape index (κ2) is 8.14. The van der Waals surface area contributed by atoms with Crippen molar-refractivity contribution in [3.05, 3.63) is 40.3 Å². The lowest BCUT2D eigenvalue weighted by molar-refractivity contribution is 0.103. The van der Waals surface area contributed by atoms with Crippen molar-refractivity contribution < 1.29 is 19.5 Å². The summed E-state index contributed by atoms with van der Waals surface area (Å²) >= 11 is 1.65. The van der Waals surface area contributed by atoms with Gasteiger partial charge in [0.2, 0.25) is 0 Å². The van der Waals surface area contributed by atoms with Crippen LogP contribution in [0.1, 0.15) is 10.6 Å². The van der Waals surface area contributed by atoms with Gasteiger partial charge in [-0.1, -0.05) is 12.1 Å². The highest BCUT2D eigenvalue weighted by molar-refractivity contribution is 7.09. The maximum absolute atomic E-state index is 8.98. The van der Waals surface area contributed by atoms with Crippen LogP contribution in [0, 0.1) is 6.92 Å². The van der Waals surface area contributed by atoms with E-state index in [0.29, 0.717) is 31.0 Å². The number of hydrogen-bond donors (Lipinski definition) is 2. The summed E-state index contributed by atoms with van der Waals surface area (Å²) in [5.74, 6) is 0.682. The van der Waals surface area contributed by atoms with Crippen LogP contribution in [0.5, 0.6) is 5.75 Å². The Labute approximate surface area is 128 Å². The van der Waals surface area contributed by atoms with E-state index in [9.17, 15) is 0 Å². The summed E-state index contributed by atoms with van der Waals surface area (Å²) in [7, 11) is -1.45. The summed E-state index contributed by atoms with van der Waals surface area (Å²) in [6.45, 7) is 3.63. The molecule has 0 radical (unpaired) electrons. The molecule has 0 saturated heterocycles. The smallest absolute Gasteiger partial charge is 0.488 e. The predicted octanol–water partition coefficient (Wildman–Crippen LogP) is 0.769. The van der Waals surface area contributed by atoms with Gasteiger partial charge in [-0.2, -0.15) is 0 Å². The molecule has 0 saturated carbocycles. The van der Waals surface area contributed by atoms with Crippen molar-refractivity contribution in [3.8, 4) is 5.75 Å². The normalized spacial score (nSPS) is 10.6. The molecule has 0 bridgehead atoms. The molecule has 2 rings (SSSR count). The van der Waals surface area contributed by atoms with Crippen molar-refractivity contribution in [2.24, 2.45) is 0 Å². The Bertz CT molecular complexity index is 544. The van der Waals surface area contributed by atoms with Crippen molar-refractivity contribution in [3.63, 3.8) is 0 Å². The molecule has 1 heterocycles. The summed E-state index contributed by atoms with van der Waals surface area (Å²) in [5.41, 5.74) is 3.37. The number of nitrogens with zero attached hydrogens (tertiary/aromatic N) is 1. The number of thiazole rings is 1. The van der Waals surface area contributed by atoms with E-state index in [0.717, 1.165) is 12.1 Å². The van der Waals surface area contributed by atoms with E-state index < -0.39 is 7.12 Å². The highest BCUT2D eigenvalue weighted by Crippen LogP contribution is 2.12. The largest absolute Gasteiger partial charge is 0.491 e. The molecule has 0 atom stereocenters. The zero-order chi connectivity index (χ0) is 15.1. The molecule has 2 N–H and O–H groups in total. The van der Waals surface area contributed by atoms with Crippen LogP contribution < -0.4 is 10.2 Å². The van der Waals surface area contributed by atoms with Gasteiger partial charge in [0, 0.05) is 11.3 Å². The fourth-order valence-corrected chi connectivity index (χ4v) is 2.55. The topological polar surface area (TPSA) is 71.8 Å². The van der Waals surface area contributed by atoms with E-state index in [4.69, 9.17) is 19.5 Å². The Morgan fingerprint density at radius 1 is 1.14 bits per heavy atom. The molecule has 5 nitrogen and oxygen atoms in total. The van der Waals surface area contributed by atoms with E-state index in [1.807, 2.05) is 12.4 Å². The van der Waals surface area contributed by atoms with Crippen LogP contribution in [0.3, 0.4) is 0 Å². The number of aryl methyl sites for hydroxylation is 1. The Morgan fingerprint density at radius 2 is 1.90 bits per heavy atom. The number of benzene rings is 1. The van der Waals surface area contributed by atoms with Gasteiger partial charge in [0.15, 0.2) is 0 Å². The van der Waals surface area contributed by atoms with Crippen molar-refractivity contribution in [1.29, 1.82) is 0 Å². The third-order valence-corrected chi connectivity index (χ3v) is 3.99. The van der Waals surface area contributed by atoms with E-state index in [1.165, 1.54) is 4.88 Å². The first-order chi connectivity index (χ1) is 10.2. The molecule has 0 aliphatic carbocycles. The fourth-order valence-electron chi connectivity index (χ4n) is 1.79. The molecule has 21 heavy (non-hydrogen) atoms. The predicted molar refractivity (Wildman–Crippen MR) is 83.1 cm³/mol. The van der Waals surface area contributed by atoms with Gasteiger partial charge < -0.3 is 19.5 Å². The van der Waals surface area contributed by atoms with Gasteiger partial charge in [-0.05, 0) is 24.5 Å². The van der Waals surface area contributed by atoms with Crippen LogP contribution in [0.4, 0.5) is 0 Å². The second-order valence-electron chi connectivity index (χ2n) is 4.51. The molecule has 0 amide bonds. The lowest BCUT2D eigenvalue weighted by Gasteiger charge is -2.08. The zero-order valence-electron chi connectivity index (χ0n) is 11.9. The molecule has 112 valence electrons. The van der Waals surface area contributed by atoms with Crippen molar-refractivity contribution in [2.45, 2.75) is 13.3 Å². The average molecular weight is 307 g/mol. The molecule has 7 heteroatoms. The van der Waals surface area contributed by atoms with Gasteiger partial charge in [-0.25, -0.2) is 4.98 Å². The SMILES string of the molecule is Cc1ncsc1CCOCCOc1ccc(B(O)O)cc1. The minimum atomic E-state index is -1.45. The summed E-state index contributed by atoms with van der Waals surface area (Å²) in [4.78, 5) is 5.45. The Morgan fingerprint density at radius 3 is 2.52 bits per heavy atom. The zero-order valence-corrected chi connectivity index (χ0v) is 12.7. The lowest BCUT2D eigenvalue weighted by atomic mass is 9.80. The monoisotopic (exact) mass is 307 g/mol. The minimum absolute atomic E-state index is 0.443. The van der Waals surface area contributed by atoms with Crippen LogP contribution in [0.15, 0.2) is 29.8 Å². The van der Waals surface area contributed by atoms with E-state index in [2.05, 4.69) is 4.98 Å². The maximum Gasteiger partial charge on any atom is 0.488 e. The second-order valence-corrected chi connectivity index (χ2v) is 5.45. The number of ether oxygens (including phenoxy) is 2. The van der Waals surface area contributed by atoms with Crippen LogP contribution in [0.2, 0.25) is 0 Å². The number of rotatable bonds is 8. The van der Waals surface area contributed by atoms with Crippen molar-refractivity contribution in [2.75, 3.05) is 19.8 Å². The van der Waals surface area contributed by atoms with Crippen LogP contribution in [0.25, 0.3) is 0 Å². The van der Waals surface area contributed by atoms with Gasteiger partial charge in [0.05, 0.1) is 24.4 Å². The van der Waals surface area contributed by atoms with Gasteiger partial charge in [-0.15, -0.1) is 11.3 Å². The highest BCUT2D eigenvalue weighted by Gasteiger charge is 2.09. The third kappa shape index (κ3) is 5.13. The number of aromatic nitrogens is 1. The summed E-state index contributed by atoms with van der Waals surface area (Å²) in [6, 6.07) is 6.64. The Hall–Kier alpha value is -1.41. The Balaban J connectivity index is 1.60. The Kier molecular flexibility index (Phi) is 6.19. The van der Waals surface area contributed by atoms with Gasteiger partial charge in [0.25, 0.3) is 0 Å². The quantitative estimate of drug-likeness (QED) is 0.557. The average Bonchev–Trinajstić information content (AvgIpc) is 2.88.